The third-order valence-corrected chi connectivity index (χ3v) is 4.48. The lowest BCUT2D eigenvalue weighted by Gasteiger charge is -2.35. The molecule has 0 bridgehead atoms. The summed E-state index contributed by atoms with van der Waals surface area (Å²) in [6.07, 6.45) is 5.60. The summed E-state index contributed by atoms with van der Waals surface area (Å²) in [6, 6.07) is 7.84. The predicted molar refractivity (Wildman–Crippen MR) is 97.5 cm³/mol. The Hall–Kier alpha value is -2.38. The number of nitrogens with one attached hydrogen (secondary N) is 1. The van der Waals surface area contributed by atoms with Crippen LogP contribution >= 0.6 is 12.4 Å². The molecule has 132 valence electrons. The molecular formula is C17H21ClN6O. The molecule has 2 aromatic heterocycles. The van der Waals surface area contributed by atoms with Gasteiger partial charge in [0, 0.05) is 50.7 Å². The Morgan fingerprint density at radius 3 is 2.96 bits per heavy atom. The van der Waals surface area contributed by atoms with Gasteiger partial charge in [-0.15, -0.1) is 12.4 Å². The second-order valence-corrected chi connectivity index (χ2v) is 6.09. The van der Waals surface area contributed by atoms with Gasteiger partial charge in [-0.3, -0.25) is 9.48 Å². The van der Waals surface area contributed by atoms with Crippen molar-refractivity contribution in [2.24, 2.45) is 7.05 Å². The SMILES string of the molecule is Cl.Cn1ccnc1C1CNCCN1C(=O)Cn1cc2ccccc2n1. The first-order chi connectivity index (χ1) is 11.7. The average molecular weight is 361 g/mol. The highest BCUT2D eigenvalue weighted by atomic mass is 35.5. The Balaban J connectivity index is 0.00000182. The number of aryl methyl sites for hydroxylation is 1. The monoisotopic (exact) mass is 360 g/mol. The molecule has 1 atom stereocenters. The van der Waals surface area contributed by atoms with E-state index in [4.69, 9.17) is 0 Å². The lowest BCUT2D eigenvalue weighted by molar-refractivity contribution is -0.135. The number of halogens is 1. The molecule has 4 rings (SSSR count). The summed E-state index contributed by atoms with van der Waals surface area (Å²) in [5.41, 5.74) is 0.909. The molecule has 1 fully saturated rings. The topological polar surface area (TPSA) is 68.0 Å². The molecule has 1 amide bonds. The molecule has 1 aliphatic rings. The quantitative estimate of drug-likeness (QED) is 0.766. The van der Waals surface area contributed by atoms with Crippen molar-refractivity contribution < 1.29 is 4.79 Å². The first kappa shape index (κ1) is 17.4. The van der Waals surface area contributed by atoms with Crippen molar-refractivity contribution in [3.63, 3.8) is 0 Å². The van der Waals surface area contributed by atoms with Gasteiger partial charge in [0.15, 0.2) is 0 Å². The second-order valence-electron chi connectivity index (χ2n) is 6.09. The zero-order valence-corrected chi connectivity index (χ0v) is 14.8. The van der Waals surface area contributed by atoms with Crippen molar-refractivity contribution in [1.82, 2.24) is 29.5 Å². The van der Waals surface area contributed by atoms with Gasteiger partial charge >= 0.3 is 0 Å². The lowest BCUT2D eigenvalue weighted by atomic mass is 10.1. The minimum Gasteiger partial charge on any atom is -0.336 e. The van der Waals surface area contributed by atoms with Gasteiger partial charge in [-0.2, -0.15) is 5.10 Å². The van der Waals surface area contributed by atoms with Crippen LogP contribution in [0.3, 0.4) is 0 Å². The van der Waals surface area contributed by atoms with Crippen LogP contribution in [-0.2, 0) is 18.4 Å². The minimum absolute atomic E-state index is 0. The molecule has 1 unspecified atom stereocenters. The maximum atomic E-state index is 12.9. The van der Waals surface area contributed by atoms with Crippen LogP contribution in [0.4, 0.5) is 0 Å². The van der Waals surface area contributed by atoms with Gasteiger partial charge in [-0.1, -0.05) is 18.2 Å². The minimum atomic E-state index is -0.0452. The van der Waals surface area contributed by atoms with E-state index in [1.54, 1.807) is 10.9 Å². The molecule has 3 heterocycles. The van der Waals surface area contributed by atoms with Crippen LogP contribution in [0.1, 0.15) is 11.9 Å². The third kappa shape index (κ3) is 3.38. The van der Waals surface area contributed by atoms with Crippen molar-refractivity contribution in [2.75, 3.05) is 19.6 Å². The Kier molecular flexibility index (Phi) is 5.06. The van der Waals surface area contributed by atoms with Gasteiger partial charge in [0.05, 0.1) is 5.52 Å². The summed E-state index contributed by atoms with van der Waals surface area (Å²) in [5.74, 6) is 0.971. The molecule has 0 spiro atoms. The number of hydrogen-bond acceptors (Lipinski definition) is 4. The number of piperazine rings is 1. The number of benzene rings is 1. The van der Waals surface area contributed by atoms with E-state index in [9.17, 15) is 4.79 Å². The molecule has 7 nitrogen and oxygen atoms in total. The normalized spacial score (nSPS) is 17.5. The fourth-order valence-corrected chi connectivity index (χ4v) is 3.26. The molecule has 0 saturated carbocycles. The van der Waals surface area contributed by atoms with Gasteiger partial charge in [0.25, 0.3) is 0 Å². The van der Waals surface area contributed by atoms with Gasteiger partial charge in [-0.05, 0) is 6.07 Å². The van der Waals surface area contributed by atoms with E-state index >= 15 is 0 Å². The van der Waals surface area contributed by atoms with Gasteiger partial charge in [0.1, 0.15) is 18.4 Å². The fourth-order valence-electron chi connectivity index (χ4n) is 3.26. The summed E-state index contributed by atoms with van der Waals surface area (Å²) in [6.45, 7) is 2.44. The highest BCUT2D eigenvalue weighted by molar-refractivity contribution is 5.85. The lowest BCUT2D eigenvalue weighted by Crippen LogP contribution is -2.50. The highest BCUT2D eigenvalue weighted by Crippen LogP contribution is 2.21. The standard InChI is InChI=1S/C17H20N6O.ClH/c1-21-8-7-19-17(21)15-10-18-6-9-23(15)16(24)12-22-11-13-4-2-3-5-14(13)20-22;/h2-5,7-8,11,15,18H,6,9-10,12H2,1H3;1H. The van der Waals surface area contributed by atoms with Crippen molar-refractivity contribution in [3.8, 4) is 0 Å². The molecule has 8 heteroatoms. The van der Waals surface area contributed by atoms with Crippen LogP contribution in [0.25, 0.3) is 10.9 Å². The number of carbonyl (C=O) groups is 1. The summed E-state index contributed by atoms with van der Waals surface area (Å²) in [4.78, 5) is 19.2. The highest BCUT2D eigenvalue weighted by Gasteiger charge is 2.30. The van der Waals surface area contributed by atoms with Crippen molar-refractivity contribution in [1.29, 1.82) is 0 Å². The van der Waals surface area contributed by atoms with Crippen LogP contribution in [0.2, 0.25) is 0 Å². The number of carbonyl (C=O) groups excluding carboxylic acids is 1. The first-order valence-corrected chi connectivity index (χ1v) is 8.12. The van der Waals surface area contributed by atoms with Crippen molar-refractivity contribution >= 4 is 29.2 Å². The van der Waals surface area contributed by atoms with Crippen molar-refractivity contribution in [2.45, 2.75) is 12.6 Å². The zero-order valence-electron chi connectivity index (χ0n) is 14.0. The molecule has 25 heavy (non-hydrogen) atoms. The van der Waals surface area contributed by atoms with Crippen LogP contribution < -0.4 is 5.32 Å². The number of rotatable bonds is 3. The molecule has 0 radical (unpaired) electrons. The largest absolute Gasteiger partial charge is 0.336 e. The number of aromatic nitrogens is 4. The smallest absolute Gasteiger partial charge is 0.245 e. The molecule has 1 aliphatic heterocycles. The van der Waals surface area contributed by atoms with E-state index in [0.717, 1.165) is 29.8 Å². The molecule has 1 aromatic carbocycles. The Bertz CT molecular complexity index is 840. The number of fused-ring (bicyclic) bond motifs is 1. The molecule has 1 saturated heterocycles. The van der Waals surface area contributed by atoms with E-state index in [2.05, 4.69) is 15.4 Å². The number of imidazole rings is 1. The van der Waals surface area contributed by atoms with Crippen LogP contribution in [0.5, 0.6) is 0 Å². The van der Waals surface area contributed by atoms with E-state index in [1.165, 1.54) is 0 Å². The number of amides is 1. The van der Waals surface area contributed by atoms with Crippen LogP contribution in [-0.4, -0.2) is 49.8 Å². The fraction of sp³-hybridized carbons (Fsp3) is 0.353. The summed E-state index contributed by atoms with van der Waals surface area (Å²) in [7, 11) is 1.96. The molecule has 0 aliphatic carbocycles. The molecular weight excluding hydrogens is 340 g/mol. The van der Waals surface area contributed by atoms with Gasteiger partial charge in [0.2, 0.25) is 5.91 Å². The van der Waals surface area contributed by atoms with E-state index < -0.39 is 0 Å². The molecule has 1 N–H and O–H groups in total. The van der Waals surface area contributed by atoms with E-state index in [1.807, 2.05) is 53.2 Å². The average Bonchev–Trinajstić information content (AvgIpc) is 3.20. The predicted octanol–water partition coefficient (Wildman–Crippen LogP) is 1.36. The summed E-state index contributed by atoms with van der Waals surface area (Å²) < 4.78 is 3.70. The molecule has 3 aromatic rings. The number of nitrogens with zero attached hydrogens (tertiary/aromatic N) is 5. The Morgan fingerprint density at radius 2 is 2.20 bits per heavy atom. The maximum Gasteiger partial charge on any atom is 0.245 e. The van der Waals surface area contributed by atoms with E-state index in [-0.39, 0.29) is 30.9 Å². The second kappa shape index (κ2) is 7.25. The maximum absolute atomic E-state index is 12.9. The number of hydrogen-bond donors (Lipinski definition) is 1. The zero-order chi connectivity index (χ0) is 16.5. The van der Waals surface area contributed by atoms with Gasteiger partial charge < -0.3 is 14.8 Å². The van der Waals surface area contributed by atoms with Crippen molar-refractivity contribution in [3.05, 3.63) is 48.7 Å². The van der Waals surface area contributed by atoms with Gasteiger partial charge in [-0.25, -0.2) is 4.98 Å². The van der Waals surface area contributed by atoms with Crippen LogP contribution in [0, 0.1) is 0 Å². The summed E-state index contributed by atoms with van der Waals surface area (Å²) >= 11 is 0. The Labute approximate surface area is 152 Å². The van der Waals surface area contributed by atoms with Crippen LogP contribution in [0.15, 0.2) is 42.9 Å². The summed E-state index contributed by atoms with van der Waals surface area (Å²) in [5, 5.41) is 8.88. The Morgan fingerprint density at radius 1 is 1.36 bits per heavy atom. The third-order valence-electron chi connectivity index (χ3n) is 4.48. The van der Waals surface area contributed by atoms with E-state index in [0.29, 0.717) is 6.54 Å². The first-order valence-electron chi connectivity index (χ1n) is 8.12.